The lowest BCUT2D eigenvalue weighted by atomic mass is 9.78. The highest BCUT2D eigenvalue weighted by atomic mass is 79.9. The van der Waals surface area contributed by atoms with E-state index in [2.05, 4.69) is 31.9 Å². The van der Waals surface area contributed by atoms with Crippen LogP contribution in [0.2, 0.25) is 0 Å². The normalized spacial score (nSPS) is 12.1. The van der Waals surface area contributed by atoms with Gasteiger partial charge in [-0.3, -0.25) is 9.59 Å². The lowest BCUT2D eigenvalue weighted by Crippen LogP contribution is -2.17. The molecule has 0 atom stereocenters. The Hall–Kier alpha value is -1.66. The van der Waals surface area contributed by atoms with Crippen LogP contribution in [0, 0.1) is 0 Å². The summed E-state index contributed by atoms with van der Waals surface area (Å²) >= 11 is 6.97. The van der Waals surface area contributed by atoms with Gasteiger partial charge in [-0.1, -0.05) is 31.9 Å². The molecule has 2 aromatic carbocycles. The zero-order valence-corrected chi connectivity index (χ0v) is 20.5. The molecule has 1 aliphatic rings. The Morgan fingerprint density at radius 3 is 1.50 bits per heavy atom. The fraction of sp³-hybridized carbons (Fsp3) is 0.417. The fourth-order valence-corrected chi connectivity index (χ4v) is 5.00. The third kappa shape index (κ3) is 4.35. The Bertz CT molecular complexity index is 878. The van der Waals surface area contributed by atoms with E-state index in [0.717, 1.165) is 93.8 Å². The Labute approximate surface area is 194 Å². The Morgan fingerprint density at radius 2 is 1.17 bits per heavy atom. The summed E-state index contributed by atoms with van der Waals surface area (Å²) in [5, 5.41) is 1.78. The van der Waals surface area contributed by atoms with Gasteiger partial charge in [-0.15, -0.1) is 0 Å². The summed E-state index contributed by atoms with van der Waals surface area (Å²) in [5.74, 6) is 1.70. The molecule has 0 bridgehead atoms. The molecule has 0 aromatic heterocycles. The minimum atomic E-state index is 0.525. The van der Waals surface area contributed by atoms with Gasteiger partial charge in [-0.2, -0.15) is 0 Å². The van der Waals surface area contributed by atoms with Gasteiger partial charge >= 0.3 is 0 Å². The average molecular weight is 538 g/mol. The van der Waals surface area contributed by atoms with Gasteiger partial charge in [-0.05, 0) is 66.5 Å². The van der Waals surface area contributed by atoms with E-state index in [1.807, 2.05) is 12.1 Å². The molecule has 3 rings (SSSR count). The summed E-state index contributed by atoms with van der Waals surface area (Å²) in [7, 11) is 3.37. The van der Waals surface area contributed by atoms with Gasteiger partial charge in [0.05, 0.1) is 14.2 Å². The molecule has 160 valence electrons. The molecule has 0 unspecified atom stereocenters. The lowest BCUT2D eigenvalue weighted by molar-refractivity contribution is 0.111. The second-order valence-electron chi connectivity index (χ2n) is 7.40. The van der Waals surface area contributed by atoms with Crippen LogP contribution in [0.25, 0.3) is 0 Å². The van der Waals surface area contributed by atoms with Crippen LogP contribution < -0.4 is 9.47 Å². The number of hydrogen-bond acceptors (Lipinski definition) is 4. The van der Waals surface area contributed by atoms with Crippen molar-refractivity contribution < 1.29 is 19.1 Å². The zero-order chi connectivity index (χ0) is 21.7. The molecule has 2 aromatic rings. The van der Waals surface area contributed by atoms with E-state index < -0.39 is 0 Å². The number of fused-ring (bicyclic) bond motifs is 2. The van der Waals surface area contributed by atoms with Gasteiger partial charge in [0.2, 0.25) is 0 Å². The molecule has 6 heteroatoms. The molecule has 4 nitrogen and oxygen atoms in total. The Kier molecular flexibility index (Phi) is 8.12. The van der Waals surface area contributed by atoms with Gasteiger partial charge < -0.3 is 9.47 Å². The van der Waals surface area contributed by atoms with Crippen molar-refractivity contribution in [2.24, 2.45) is 0 Å². The summed E-state index contributed by atoms with van der Waals surface area (Å²) < 4.78 is 11.7. The van der Waals surface area contributed by atoms with Crippen molar-refractivity contribution in [2.75, 3.05) is 24.9 Å². The van der Waals surface area contributed by atoms with Crippen LogP contribution in [0.15, 0.2) is 12.1 Å². The summed E-state index contributed by atoms with van der Waals surface area (Å²) in [6.45, 7) is 0. The SMILES string of the molecule is COc1c(CCCBr)cc(C=O)c2c1Cc1c(c(C=O)cc(CCCBr)c1OC)C2. The van der Waals surface area contributed by atoms with Crippen molar-refractivity contribution in [2.45, 2.75) is 38.5 Å². The van der Waals surface area contributed by atoms with Crippen LogP contribution in [-0.2, 0) is 25.7 Å². The monoisotopic (exact) mass is 536 g/mol. The number of ether oxygens (including phenoxy) is 2. The first-order valence-corrected chi connectivity index (χ1v) is 12.3. The van der Waals surface area contributed by atoms with Crippen LogP contribution >= 0.6 is 31.9 Å². The molecule has 0 amide bonds. The number of aryl methyl sites for hydroxylation is 2. The van der Waals surface area contributed by atoms with E-state index >= 15 is 0 Å². The predicted octanol–water partition coefficient (Wildman–Crippen LogP) is 5.48. The maximum Gasteiger partial charge on any atom is 0.150 e. The molecule has 1 aliphatic carbocycles. The third-order valence-corrected chi connectivity index (χ3v) is 6.87. The molecule has 0 saturated heterocycles. The molecule has 0 aliphatic heterocycles. The van der Waals surface area contributed by atoms with E-state index in [1.165, 1.54) is 0 Å². The fourth-order valence-electron chi connectivity index (χ4n) is 4.44. The topological polar surface area (TPSA) is 52.6 Å². The van der Waals surface area contributed by atoms with E-state index in [1.54, 1.807) is 14.2 Å². The number of alkyl halides is 2. The minimum absolute atomic E-state index is 0.525. The summed E-state index contributed by atoms with van der Waals surface area (Å²) in [6, 6.07) is 3.89. The molecule has 0 fully saturated rings. The number of aldehydes is 2. The van der Waals surface area contributed by atoms with Gasteiger partial charge in [0.25, 0.3) is 0 Å². The summed E-state index contributed by atoms with van der Waals surface area (Å²) in [5.41, 5.74) is 7.43. The van der Waals surface area contributed by atoms with Gasteiger partial charge in [-0.25, -0.2) is 0 Å². The van der Waals surface area contributed by atoms with E-state index in [4.69, 9.17) is 9.47 Å². The number of hydrogen-bond donors (Lipinski definition) is 0. The van der Waals surface area contributed by atoms with Gasteiger partial charge in [0.15, 0.2) is 0 Å². The number of halogens is 2. The Balaban J connectivity index is 2.21. The standard InChI is InChI=1S/C24H26Br2O4/c1-29-23-15(5-3-7-25)9-17(13-27)19-11-20-18(14-28)10-16(6-4-8-26)24(30-2)22(20)12-21(19)23/h9-10,13-14H,3-8,11-12H2,1-2H3. The number of carbonyl (C=O) groups excluding carboxylic acids is 2. The average Bonchev–Trinajstić information content (AvgIpc) is 2.78. The van der Waals surface area contributed by atoms with Crippen LogP contribution in [0.3, 0.4) is 0 Å². The van der Waals surface area contributed by atoms with Crippen LogP contribution in [0.4, 0.5) is 0 Å². The molecular formula is C24H26Br2O4. The molecule has 0 N–H and O–H groups in total. The molecule has 0 saturated carbocycles. The van der Waals surface area contributed by atoms with Crippen molar-refractivity contribution >= 4 is 44.4 Å². The molecule has 0 spiro atoms. The second kappa shape index (κ2) is 10.6. The largest absolute Gasteiger partial charge is 0.496 e. The van der Waals surface area contributed by atoms with Crippen LogP contribution in [0.5, 0.6) is 11.5 Å². The van der Waals surface area contributed by atoms with E-state index in [9.17, 15) is 9.59 Å². The van der Waals surface area contributed by atoms with Crippen molar-refractivity contribution in [1.29, 1.82) is 0 Å². The van der Waals surface area contributed by atoms with Crippen LogP contribution in [-0.4, -0.2) is 37.5 Å². The lowest BCUT2D eigenvalue weighted by Gasteiger charge is -2.28. The van der Waals surface area contributed by atoms with E-state index in [0.29, 0.717) is 24.0 Å². The third-order valence-electron chi connectivity index (χ3n) is 5.75. The Morgan fingerprint density at radius 1 is 0.767 bits per heavy atom. The first kappa shape index (κ1) is 23.0. The van der Waals surface area contributed by atoms with Crippen molar-refractivity contribution in [3.8, 4) is 11.5 Å². The number of methoxy groups -OCH3 is 2. The predicted molar refractivity (Wildman–Crippen MR) is 127 cm³/mol. The first-order valence-electron chi connectivity index (χ1n) is 10.1. The number of carbonyl (C=O) groups is 2. The zero-order valence-electron chi connectivity index (χ0n) is 17.4. The first-order chi connectivity index (χ1) is 14.6. The van der Waals surface area contributed by atoms with Crippen molar-refractivity contribution in [3.63, 3.8) is 0 Å². The molecule has 0 radical (unpaired) electrons. The summed E-state index contributed by atoms with van der Waals surface area (Å²) in [4.78, 5) is 23.8. The van der Waals surface area contributed by atoms with Gasteiger partial charge in [0, 0.05) is 39.3 Å². The van der Waals surface area contributed by atoms with Crippen molar-refractivity contribution in [3.05, 3.63) is 56.6 Å². The highest BCUT2D eigenvalue weighted by molar-refractivity contribution is 9.09. The maximum atomic E-state index is 11.9. The highest BCUT2D eigenvalue weighted by Gasteiger charge is 2.29. The molecular weight excluding hydrogens is 512 g/mol. The van der Waals surface area contributed by atoms with Crippen LogP contribution in [0.1, 0.15) is 66.9 Å². The van der Waals surface area contributed by atoms with Gasteiger partial charge in [0.1, 0.15) is 24.1 Å². The van der Waals surface area contributed by atoms with E-state index in [-0.39, 0.29) is 0 Å². The molecule has 0 heterocycles. The molecule has 30 heavy (non-hydrogen) atoms. The maximum absolute atomic E-state index is 11.9. The quantitative estimate of drug-likeness (QED) is 0.254. The minimum Gasteiger partial charge on any atom is -0.496 e. The highest BCUT2D eigenvalue weighted by Crippen LogP contribution is 2.43. The number of benzene rings is 2. The summed E-state index contributed by atoms with van der Waals surface area (Å²) in [6.07, 6.45) is 6.53. The second-order valence-corrected chi connectivity index (χ2v) is 8.99. The number of rotatable bonds is 10. The van der Waals surface area contributed by atoms with Crippen molar-refractivity contribution in [1.82, 2.24) is 0 Å². The smallest absolute Gasteiger partial charge is 0.150 e.